The van der Waals surface area contributed by atoms with Crippen molar-refractivity contribution in [3.8, 4) is 0 Å². The Hall–Kier alpha value is -0.0800. The van der Waals surface area contributed by atoms with E-state index in [1.165, 1.54) is 45.3 Å². The predicted octanol–water partition coefficient (Wildman–Crippen LogP) is 2.25. The quantitative estimate of drug-likeness (QED) is 0.765. The van der Waals surface area contributed by atoms with Crippen molar-refractivity contribution in [2.45, 2.75) is 58.5 Å². The van der Waals surface area contributed by atoms with E-state index in [-0.39, 0.29) is 0 Å². The highest BCUT2D eigenvalue weighted by Gasteiger charge is 2.33. The average Bonchev–Trinajstić information content (AvgIpc) is 2.83. The third kappa shape index (κ3) is 3.76. The Morgan fingerprint density at radius 3 is 2.40 bits per heavy atom. The van der Waals surface area contributed by atoms with Crippen LogP contribution >= 0.6 is 0 Å². The topological polar surface area (TPSA) is 15.3 Å². The van der Waals surface area contributed by atoms with Crippen LogP contribution in [0.4, 0.5) is 0 Å². The van der Waals surface area contributed by atoms with Crippen LogP contribution in [0.2, 0.25) is 0 Å². The van der Waals surface area contributed by atoms with E-state index in [0.29, 0.717) is 5.41 Å². The fourth-order valence-electron chi connectivity index (χ4n) is 2.59. The Morgan fingerprint density at radius 2 is 1.93 bits per heavy atom. The van der Waals surface area contributed by atoms with Crippen molar-refractivity contribution in [3.63, 3.8) is 0 Å². The summed E-state index contributed by atoms with van der Waals surface area (Å²) in [5.74, 6) is 0. The molecule has 2 heteroatoms. The van der Waals surface area contributed by atoms with E-state index in [4.69, 9.17) is 0 Å². The van der Waals surface area contributed by atoms with Crippen molar-refractivity contribution in [1.29, 1.82) is 0 Å². The molecule has 0 amide bonds. The average molecular weight is 210 g/mol. The van der Waals surface area contributed by atoms with Crippen molar-refractivity contribution in [2.75, 3.05) is 19.6 Å². The highest BCUT2D eigenvalue weighted by Crippen LogP contribution is 2.30. The first-order valence-electron chi connectivity index (χ1n) is 6.52. The highest BCUT2D eigenvalue weighted by atomic mass is 15.2. The summed E-state index contributed by atoms with van der Waals surface area (Å²) in [6.45, 7) is 10.8. The van der Waals surface area contributed by atoms with E-state index in [0.717, 1.165) is 12.1 Å². The molecule has 0 bridgehead atoms. The summed E-state index contributed by atoms with van der Waals surface area (Å²) < 4.78 is 0. The molecule has 0 aromatic rings. The molecule has 1 saturated carbocycles. The first kappa shape index (κ1) is 11.4. The molecule has 1 heterocycles. The second kappa shape index (κ2) is 4.42. The zero-order valence-corrected chi connectivity index (χ0v) is 10.6. The summed E-state index contributed by atoms with van der Waals surface area (Å²) in [7, 11) is 0. The molecule has 88 valence electrons. The van der Waals surface area contributed by atoms with Gasteiger partial charge in [0.15, 0.2) is 0 Å². The lowest BCUT2D eigenvalue weighted by atomic mass is 9.95. The molecule has 1 N–H and O–H groups in total. The summed E-state index contributed by atoms with van der Waals surface area (Å²) in [6.07, 6.45) is 5.62. The molecule has 0 radical (unpaired) electrons. The second-order valence-corrected chi connectivity index (χ2v) is 6.51. The van der Waals surface area contributed by atoms with E-state index >= 15 is 0 Å². The van der Waals surface area contributed by atoms with Gasteiger partial charge in [-0.1, -0.05) is 20.8 Å². The first-order chi connectivity index (χ1) is 7.04. The lowest BCUT2D eigenvalue weighted by molar-refractivity contribution is 0.169. The fourth-order valence-corrected chi connectivity index (χ4v) is 2.59. The zero-order valence-electron chi connectivity index (χ0n) is 10.6. The largest absolute Gasteiger partial charge is 0.313 e. The summed E-state index contributed by atoms with van der Waals surface area (Å²) in [6, 6.07) is 1.68. The van der Waals surface area contributed by atoms with Crippen LogP contribution in [-0.2, 0) is 0 Å². The van der Waals surface area contributed by atoms with Gasteiger partial charge in [0.25, 0.3) is 0 Å². The highest BCUT2D eigenvalue weighted by molar-refractivity contribution is 4.90. The molecule has 2 aliphatic rings. The number of nitrogens with one attached hydrogen (secondary N) is 1. The van der Waals surface area contributed by atoms with Gasteiger partial charge in [0.1, 0.15) is 0 Å². The van der Waals surface area contributed by atoms with Gasteiger partial charge in [0, 0.05) is 25.2 Å². The maximum Gasteiger partial charge on any atom is 0.0195 e. The van der Waals surface area contributed by atoms with Crippen molar-refractivity contribution in [3.05, 3.63) is 0 Å². The third-order valence-corrected chi connectivity index (χ3v) is 3.36. The van der Waals surface area contributed by atoms with E-state index in [1.54, 1.807) is 0 Å². The maximum absolute atomic E-state index is 3.61. The molecular weight excluding hydrogens is 184 g/mol. The minimum atomic E-state index is 0.446. The Morgan fingerprint density at radius 1 is 1.20 bits per heavy atom. The smallest absolute Gasteiger partial charge is 0.0195 e. The number of hydrogen-bond donors (Lipinski definition) is 1. The maximum atomic E-state index is 3.61. The van der Waals surface area contributed by atoms with Gasteiger partial charge in [-0.25, -0.2) is 0 Å². The summed E-state index contributed by atoms with van der Waals surface area (Å²) in [4.78, 5) is 2.73. The molecule has 1 aliphatic heterocycles. The summed E-state index contributed by atoms with van der Waals surface area (Å²) in [5.41, 5.74) is 0.446. The Bertz CT molecular complexity index is 197. The van der Waals surface area contributed by atoms with Crippen LogP contribution in [-0.4, -0.2) is 36.6 Å². The molecule has 1 aliphatic carbocycles. The van der Waals surface area contributed by atoms with Crippen molar-refractivity contribution in [2.24, 2.45) is 5.41 Å². The van der Waals surface area contributed by atoms with Crippen LogP contribution in [0, 0.1) is 5.41 Å². The third-order valence-electron chi connectivity index (χ3n) is 3.36. The standard InChI is InChI=1S/C13H26N2/c1-13(2,3)10-15(12-6-7-12)9-11-5-4-8-14-11/h11-12,14H,4-10H2,1-3H3. The zero-order chi connectivity index (χ0) is 10.9. The van der Waals surface area contributed by atoms with Crippen LogP contribution in [0.1, 0.15) is 46.5 Å². The molecule has 2 nitrogen and oxygen atoms in total. The molecule has 1 saturated heterocycles. The van der Waals surface area contributed by atoms with Crippen molar-refractivity contribution >= 4 is 0 Å². The molecule has 1 atom stereocenters. The van der Waals surface area contributed by atoms with Crippen LogP contribution in [0.25, 0.3) is 0 Å². The summed E-state index contributed by atoms with van der Waals surface area (Å²) in [5, 5.41) is 3.61. The van der Waals surface area contributed by atoms with Crippen LogP contribution in [0.3, 0.4) is 0 Å². The molecular formula is C13H26N2. The van der Waals surface area contributed by atoms with E-state index < -0.39 is 0 Å². The number of hydrogen-bond acceptors (Lipinski definition) is 2. The first-order valence-corrected chi connectivity index (χ1v) is 6.52. The number of nitrogens with zero attached hydrogens (tertiary/aromatic N) is 1. The minimum Gasteiger partial charge on any atom is -0.313 e. The van der Waals surface area contributed by atoms with Crippen molar-refractivity contribution in [1.82, 2.24) is 10.2 Å². The van der Waals surface area contributed by atoms with Crippen LogP contribution in [0.5, 0.6) is 0 Å². The lowest BCUT2D eigenvalue weighted by Crippen LogP contribution is -2.42. The molecule has 2 fully saturated rings. The molecule has 0 aromatic carbocycles. The summed E-state index contributed by atoms with van der Waals surface area (Å²) >= 11 is 0. The molecule has 2 rings (SSSR count). The van der Waals surface area contributed by atoms with E-state index in [9.17, 15) is 0 Å². The minimum absolute atomic E-state index is 0.446. The monoisotopic (exact) mass is 210 g/mol. The van der Waals surface area contributed by atoms with Crippen molar-refractivity contribution < 1.29 is 0 Å². The molecule has 0 aromatic heterocycles. The Balaban J connectivity index is 1.82. The van der Waals surface area contributed by atoms with Gasteiger partial charge < -0.3 is 5.32 Å². The normalized spacial score (nSPS) is 27.6. The van der Waals surface area contributed by atoms with E-state index in [1.807, 2.05) is 0 Å². The van der Waals surface area contributed by atoms with Gasteiger partial charge in [-0.05, 0) is 37.6 Å². The lowest BCUT2D eigenvalue weighted by Gasteiger charge is -2.32. The van der Waals surface area contributed by atoms with Crippen LogP contribution in [0.15, 0.2) is 0 Å². The SMILES string of the molecule is CC(C)(C)CN(CC1CCCN1)C1CC1. The predicted molar refractivity (Wildman–Crippen MR) is 65.1 cm³/mol. The van der Waals surface area contributed by atoms with Gasteiger partial charge in [-0.2, -0.15) is 0 Å². The van der Waals surface area contributed by atoms with Gasteiger partial charge in [0.2, 0.25) is 0 Å². The fraction of sp³-hybridized carbons (Fsp3) is 1.00. The Kier molecular flexibility index (Phi) is 3.36. The van der Waals surface area contributed by atoms with Gasteiger partial charge in [-0.3, -0.25) is 4.90 Å². The Labute approximate surface area is 94.4 Å². The van der Waals surface area contributed by atoms with Gasteiger partial charge in [-0.15, -0.1) is 0 Å². The molecule has 0 spiro atoms. The second-order valence-electron chi connectivity index (χ2n) is 6.51. The molecule has 15 heavy (non-hydrogen) atoms. The van der Waals surface area contributed by atoms with E-state index in [2.05, 4.69) is 31.0 Å². The molecule has 1 unspecified atom stereocenters. The van der Waals surface area contributed by atoms with Gasteiger partial charge in [0.05, 0.1) is 0 Å². The van der Waals surface area contributed by atoms with Crippen LogP contribution < -0.4 is 5.32 Å². The number of rotatable bonds is 4. The van der Waals surface area contributed by atoms with Gasteiger partial charge >= 0.3 is 0 Å².